The molecule has 0 saturated carbocycles. The van der Waals surface area contributed by atoms with Gasteiger partial charge in [0.2, 0.25) is 5.91 Å². The average Bonchev–Trinajstić information content (AvgIpc) is 3.16. The summed E-state index contributed by atoms with van der Waals surface area (Å²) in [5.74, 6) is -0.0780. The highest BCUT2D eigenvalue weighted by atomic mass is 32.1. The number of rotatable bonds is 8. The molecular formula is C21H27N3O2S. The number of nitrogens with zero attached hydrogens (tertiary/aromatic N) is 2. The lowest BCUT2D eigenvalue weighted by Crippen LogP contribution is -2.51. The van der Waals surface area contributed by atoms with Crippen LogP contribution in [0.3, 0.4) is 0 Å². The molecule has 0 spiro atoms. The lowest BCUT2D eigenvalue weighted by atomic mass is 10.0. The van der Waals surface area contributed by atoms with Crippen LogP contribution in [-0.4, -0.2) is 60.3 Å². The number of hydrogen-bond acceptors (Lipinski definition) is 5. The van der Waals surface area contributed by atoms with Gasteiger partial charge in [-0.25, -0.2) is 0 Å². The van der Waals surface area contributed by atoms with Gasteiger partial charge < -0.3 is 5.32 Å². The van der Waals surface area contributed by atoms with Crippen molar-refractivity contribution in [1.82, 2.24) is 15.1 Å². The first-order valence-corrected chi connectivity index (χ1v) is 10.3. The first-order valence-electron chi connectivity index (χ1n) is 9.41. The summed E-state index contributed by atoms with van der Waals surface area (Å²) >= 11 is 1.79. The summed E-state index contributed by atoms with van der Waals surface area (Å²) in [4.78, 5) is 30.3. The second kappa shape index (κ2) is 9.78. The van der Waals surface area contributed by atoms with Crippen LogP contribution in [-0.2, 0) is 22.6 Å². The van der Waals surface area contributed by atoms with Crippen LogP contribution < -0.4 is 5.32 Å². The van der Waals surface area contributed by atoms with Crippen molar-refractivity contribution in [1.29, 1.82) is 0 Å². The third-order valence-corrected chi connectivity index (χ3v) is 5.76. The number of ketones is 1. The van der Waals surface area contributed by atoms with Crippen LogP contribution in [0.5, 0.6) is 0 Å². The minimum Gasteiger partial charge on any atom is -0.345 e. The van der Waals surface area contributed by atoms with Gasteiger partial charge in [-0.05, 0) is 30.4 Å². The Hall–Kier alpha value is -2.02. The maximum absolute atomic E-state index is 12.4. The summed E-state index contributed by atoms with van der Waals surface area (Å²) in [6.45, 7) is 6.56. The number of piperazine rings is 1. The second-order valence-corrected chi connectivity index (χ2v) is 8.08. The van der Waals surface area contributed by atoms with Crippen molar-refractivity contribution in [3.8, 4) is 0 Å². The molecule has 0 bridgehead atoms. The van der Waals surface area contributed by atoms with Crippen LogP contribution in [0, 0.1) is 0 Å². The fourth-order valence-corrected chi connectivity index (χ4v) is 4.06. The zero-order valence-electron chi connectivity index (χ0n) is 15.8. The third kappa shape index (κ3) is 6.27. The summed E-state index contributed by atoms with van der Waals surface area (Å²) in [6.07, 6.45) is 0.538. The van der Waals surface area contributed by atoms with Crippen LogP contribution >= 0.6 is 11.3 Å². The molecule has 1 atom stereocenters. The zero-order chi connectivity index (χ0) is 19.1. The van der Waals surface area contributed by atoms with Crippen LogP contribution in [0.15, 0.2) is 47.8 Å². The normalized spacial score (nSPS) is 16.8. The van der Waals surface area contributed by atoms with Gasteiger partial charge >= 0.3 is 0 Å². The molecule has 1 aromatic carbocycles. The van der Waals surface area contributed by atoms with E-state index >= 15 is 0 Å². The van der Waals surface area contributed by atoms with Crippen molar-refractivity contribution in [3.63, 3.8) is 0 Å². The van der Waals surface area contributed by atoms with Gasteiger partial charge in [-0.3, -0.25) is 19.4 Å². The average molecular weight is 386 g/mol. The molecule has 0 aliphatic carbocycles. The summed E-state index contributed by atoms with van der Waals surface area (Å²) in [7, 11) is 0. The van der Waals surface area contributed by atoms with Gasteiger partial charge in [0.25, 0.3) is 0 Å². The predicted molar refractivity (Wildman–Crippen MR) is 109 cm³/mol. The van der Waals surface area contributed by atoms with Gasteiger partial charge in [-0.2, -0.15) is 0 Å². The molecule has 1 N–H and O–H groups in total. The molecule has 1 fully saturated rings. The summed E-state index contributed by atoms with van der Waals surface area (Å²) in [5.41, 5.74) is 1.06. The number of carbonyl (C=O) groups excluding carboxylic acids is 2. The Labute approximate surface area is 165 Å². The van der Waals surface area contributed by atoms with Gasteiger partial charge in [-0.1, -0.05) is 36.4 Å². The third-order valence-electron chi connectivity index (χ3n) is 4.90. The first kappa shape index (κ1) is 19.7. The number of nitrogens with one attached hydrogen (secondary N) is 1. The molecule has 2 aromatic rings. The summed E-state index contributed by atoms with van der Waals surface area (Å²) < 4.78 is 0. The highest BCUT2D eigenvalue weighted by Gasteiger charge is 2.22. The van der Waals surface area contributed by atoms with Gasteiger partial charge in [0.05, 0.1) is 12.6 Å². The lowest BCUT2D eigenvalue weighted by molar-refractivity contribution is -0.127. The van der Waals surface area contributed by atoms with E-state index in [0.29, 0.717) is 13.0 Å². The minimum absolute atomic E-state index is 0.00651. The largest absolute Gasteiger partial charge is 0.345 e. The van der Waals surface area contributed by atoms with E-state index in [0.717, 1.165) is 38.3 Å². The van der Waals surface area contributed by atoms with Gasteiger partial charge in [0.1, 0.15) is 0 Å². The summed E-state index contributed by atoms with van der Waals surface area (Å²) in [6, 6.07) is 13.6. The molecule has 1 aliphatic heterocycles. The van der Waals surface area contributed by atoms with Gasteiger partial charge in [0, 0.05) is 37.6 Å². The number of Topliss-reactive ketones (excluding diaryl/α,β-unsaturated/α-hetero) is 1. The Morgan fingerprint density at radius 2 is 1.74 bits per heavy atom. The van der Waals surface area contributed by atoms with E-state index in [4.69, 9.17) is 0 Å². The Kier molecular flexibility index (Phi) is 7.15. The topological polar surface area (TPSA) is 52.7 Å². The molecule has 2 heterocycles. The smallest absolute Gasteiger partial charge is 0.234 e. The van der Waals surface area contributed by atoms with E-state index < -0.39 is 6.04 Å². The molecule has 1 saturated heterocycles. The van der Waals surface area contributed by atoms with Gasteiger partial charge in [0.15, 0.2) is 5.78 Å². The molecule has 0 unspecified atom stereocenters. The Bertz CT molecular complexity index is 725. The highest BCUT2D eigenvalue weighted by Crippen LogP contribution is 2.13. The molecule has 6 heteroatoms. The van der Waals surface area contributed by atoms with Crippen molar-refractivity contribution in [2.75, 3.05) is 32.7 Å². The molecule has 1 amide bonds. The van der Waals surface area contributed by atoms with Gasteiger partial charge in [-0.15, -0.1) is 11.3 Å². The zero-order valence-corrected chi connectivity index (χ0v) is 16.6. The summed E-state index contributed by atoms with van der Waals surface area (Å²) in [5, 5.41) is 5.03. The monoisotopic (exact) mass is 385 g/mol. The maximum Gasteiger partial charge on any atom is 0.234 e. The van der Waals surface area contributed by atoms with Crippen LogP contribution in [0.4, 0.5) is 0 Å². The molecule has 0 radical (unpaired) electrons. The number of amides is 1. The molecule has 144 valence electrons. The molecule has 5 nitrogen and oxygen atoms in total. The quantitative estimate of drug-likeness (QED) is 0.757. The first-order chi connectivity index (χ1) is 13.1. The van der Waals surface area contributed by atoms with Crippen molar-refractivity contribution in [2.24, 2.45) is 0 Å². The number of thiophene rings is 1. The molecule has 1 aliphatic rings. The number of benzene rings is 1. The number of hydrogen-bond donors (Lipinski definition) is 1. The van der Waals surface area contributed by atoms with Crippen molar-refractivity contribution in [3.05, 3.63) is 58.3 Å². The fraction of sp³-hybridized carbons (Fsp3) is 0.429. The molecule has 1 aromatic heterocycles. The molecule has 27 heavy (non-hydrogen) atoms. The van der Waals surface area contributed by atoms with Crippen LogP contribution in [0.25, 0.3) is 0 Å². The molecule has 3 rings (SSSR count). The van der Waals surface area contributed by atoms with Crippen molar-refractivity contribution < 1.29 is 9.59 Å². The van der Waals surface area contributed by atoms with E-state index in [1.807, 2.05) is 30.3 Å². The highest BCUT2D eigenvalue weighted by molar-refractivity contribution is 7.09. The number of carbonyl (C=O) groups is 2. The van der Waals surface area contributed by atoms with Crippen LogP contribution in [0.1, 0.15) is 17.4 Å². The molecular weight excluding hydrogens is 358 g/mol. The lowest BCUT2D eigenvalue weighted by Gasteiger charge is -2.34. The van der Waals surface area contributed by atoms with E-state index in [9.17, 15) is 9.59 Å². The fourth-order valence-electron chi connectivity index (χ4n) is 3.32. The van der Waals surface area contributed by atoms with Crippen molar-refractivity contribution in [2.45, 2.75) is 25.9 Å². The van der Waals surface area contributed by atoms with Crippen LogP contribution in [0.2, 0.25) is 0 Å². The maximum atomic E-state index is 12.4. The van der Waals surface area contributed by atoms with E-state index in [-0.39, 0.29) is 11.7 Å². The SMILES string of the molecule is CC(=O)[C@H](Cc1ccccc1)NC(=O)CN1CCN(Cc2cccs2)CC1. The van der Waals surface area contributed by atoms with E-state index in [1.54, 1.807) is 11.3 Å². The Morgan fingerprint density at radius 3 is 2.37 bits per heavy atom. The Balaban J connectivity index is 1.43. The van der Waals surface area contributed by atoms with E-state index in [2.05, 4.69) is 32.6 Å². The standard InChI is InChI=1S/C21H27N3O2S/c1-17(25)20(14-18-6-3-2-4-7-18)22-21(26)16-24-11-9-23(10-12-24)15-19-8-5-13-27-19/h2-8,13,20H,9-12,14-16H2,1H3,(H,22,26)/t20-/m0/s1. The second-order valence-electron chi connectivity index (χ2n) is 7.05. The Morgan fingerprint density at radius 1 is 1.04 bits per heavy atom. The van der Waals surface area contributed by atoms with E-state index in [1.165, 1.54) is 11.8 Å². The predicted octanol–water partition coefficient (Wildman–Crippen LogP) is 2.18. The minimum atomic E-state index is -0.458. The van der Waals surface area contributed by atoms with Crippen molar-refractivity contribution >= 4 is 23.0 Å².